The molecule has 1 aromatic heterocycles. The van der Waals surface area contributed by atoms with Crippen molar-refractivity contribution in [3.63, 3.8) is 0 Å². The molecule has 1 heterocycles. The van der Waals surface area contributed by atoms with E-state index in [-0.39, 0.29) is 5.91 Å². The zero-order chi connectivity index (χ0) is 18.7. The Morgan fingerprint density at radius 2 is 1.38 bits per heavy atom. The number of nitrogens with one attached hydrogen (secondary N) is 2. The Kier molecular flexibility index (Phi) is 4.98. The Bertz CT molecular complexity index is 928. The van der Waals surface area contributed by atoms with Crippen molar-refractivity contribution in [3.05, 3.63) is 76.6 Å². The molecule has 0 bridgehead atoms. The van der Waals surface area contributed by atoms with Gasteiger partial charge in [-0.05, 0) is 81.3 Å². The second-order valence-corrected chi connectivity index (χ2v) is 6.43. The summed E-state index contributed by atoms with van der Waals surface area (Å²) in [5.74, 6) is 0.414. The number of nitrogens with zero attached hydrogens (tertiary/aromatic N) is 2. The molecule has 0 fully saturated rings. The maximum atomic E-state index is 12.4. The monoisotopic (exact) mass is 346 g/mol. The van der Waals surface area contributed by atoms with Crippen LogP contribution in [0.3, 0.4) is 0 Å². The van der Waals surface area contributed by atoms with Crippen molar-refractivity contribution in [1.82, 2.24) is 9.97 Å². The molecule has 0 aliphatic rings. The molecule has 3 rings (SSSR count). The number of hydrogen-bond acceptors (Lipinski definition) is 4. The van der Waals surface area contributed by atoms with E-state index < -0.39 is 0 Å². The zero-order valence-electron chi connectivity index (χ0n) is 15.4. The summed E-state index contributed by atoms with van der Waals surface area (Å²) in [4.78, 5) is 21.1. The maximum Gasteiger partial charge on any atom is 0.255 e. The average molecular weight is 346 g/mol. The first-order valence-electron chi connectivity index (χ1n) is 8.49. The van der Waals surface area contributed by atoms with Crippen molar-refractivity contribution in [1.29, 1.82) is 0 Å². The number of amides is 1. The number of benzene rings is 2. The number of carbonyl (C=O) groups excluding carboxylic acids is 1. The van der Waals surface area contributed by atoms with Gasteiger partial charge in [0.15, 0.2) is 0 Å². The molecule has 2 N–H and O–H groups in total. The Labute approximate surface area is 153 Å². The molecule has 0 atom stereocenters. The van der Waals surface area contributed by atoms with Crippen molar-refractivity contribution in [2.24, 2.45) is 0 Å². The highest BCUT2D eigenvalue weighted by Gasteiger charge is 2.07. The van der Waals surface area contributed by atoms with E-state index >= 15 is 0 Å². The van der Waals surface area contributed by atoms with Gasteiger partial charge in [0.1, 0.15) is 0 Å². The van der Waals surface area contributed by atoms with E-state index in [2.05, 4.69) is 20.6 Å². The van der Waals surface area contributed by atoms with Gasteiger partial charge in [-0.2, -0.15) is 0 Å². The van der Waals surface area contributed by atoms with Crippen LogP contribution in [0.5, 0.6) is 0 Å². The number of rotatable bonds is 4. The lowest BCUT2D eigenvalue weighted by molar-refractivity contribution is 0.102. The van der Waals surface area contributed by atoms with Gasteiger partial charge in [-0.1, -0.05) is 6.07 Å². The summed E-state index contributed by atoms with van der Waals surface area (Å²) in [6.45, 7) is 7.94. The molecular formula is C21H22N4O. The molecule has 5 nitrogen and oxygen atoms in total. The molecule has 0 aliphatic heterocycles. The molecule has 26 heavy (non-hydrogen) atoms. The largest absolute Gasteiger partial charge is 0.324 e. The number of aromatic nitrogens is 2. The van der Waals surface area contributed by atoms with Gasteiger partial charge < -0.3 is 10.6 Å². The molecule has 2 aromatic carbocycles. The molecule has 0 unspecified atom stereocenters. The first-order valence-corrected chi connectivity index (χ1v) is 8.49. The third-order valence-corrected chi connectivity index (χ3v) is 4.15. The fraction of sp³-hybridized carbons (Fsp3) is 0.190. The fourth-order valence-corrected chi connectivity index (χ4v) is 2.64. The van der Waals surface area contributed by atoms with Crippen molar-refractivity contribution < 1.29 is 4.79 Å². The summed E-state index contributed by atoms with van der Waals surface area (Å²) < 4.78 is 0. The van der Waals surface area contributed by atoms with Gasteiger partial charge >= 0.3 is 0 Å². The molecule has 1 amide bonds. The van der Waals surface area contributed by atoms with Crippen LogP contribution in [-0.4, -0.2) is 15.9 Å². The molecule has 132 valence electrons. The Morgan fingerprint density at radius 1 is 0.769 bits per heavy atom. The molecule has 0 radical (unpaired) electrons. The van der Waals surface area contributed by atoms with Crippen LogP contribution in [0.25, 0.3) is 0 Å². The van der Waals surface area contributed by atoms with Crippen LogP contribution in [0.1, 0.15) is 32.9 Å². The van der Waals surface area contributed by atoms with E-state index in [0.717, 1.165) is 28.3 Å². The standard InChI is InChI=1S/C21H22N4O/c1-13-5-8-19(11-14(13)2)24-20(26)17-6-9-18(10-7-17)25-21-22-15(3)12-16(4)23-21/h5-12H,1-4H3,(H,24,26)(H,22,23,25). The van der Waals surface area contributed by atoms with E-state index in [1.807, 2.05) is 64.1 Å². The van der Waals surface area contributed by atoms with Gasteiger partial charge in [-0.15, -0.1) is 0 Å². The predicted octanol–water partition coefficient (Wildman–Crippen LogP) is 4.71. The average Bonchev–Trinajstić information content (AvgIpc) is 2.58. The molecule has 3 aromatic rings. The van der Waals surface area contributed by atoms with Crippen LogP contribution >= 0.6 is 0 Å². The Hall–Kier alpha value is -3.21. The van der Waals surface area contributed by atoms with Gasteiger partial charge in [0, 0.05) is 28.3 Å². The maximum absolute atomic E-state index is 12.4. The van der Waals surface area contributed by atoms with Crippen LogP contribution in [0.15, 0.2) is 48.5 Å². The van der Waals surface area contributed by atoms with Crippen molar-refractivity contribution >= 4 is 23.2 Å². The van der Waals surface area contributed by atoms with Crippen LogP contribution < -0.4 is 10.6 Å². The first kappa shape index (κ1) is 17.6. The first-order chi connectivity index (χ1) is 12.4. The highest BCUT2D eigenvalue weighted by atomic mass is 16.1. The van der Waals surface area contributed by atoms with Gasteiger partial charge in [0.2, 0.25) is 5.95 Å². The normalized spacial score (nSPS) is 10.5. The molecule has 5 heteroatoms. The summed E-state index contributed by atoms with van der Waals surface area (Å²) >= 11 is 0. The lowest BCUT2D eigenvalue weighted by atomic mass is 10.1. The van der Waals surface area contributed by atoms with Gasteiger partial charge in [-0.25, -0.2) is 9.97 Å². The van der Waals surface area contributed by atoms with Crippen molar-refractivity contribution in [2.45, 2.75) is 27.7 Å². The Balaban J connectivity index is 1.70. The van der Waals surface area contributed by atoms with Crippen molar-refractivity contribution in [2.75, 3.05) is 10.6 Å². The SMILES string of the molecule is Cc1cc(C)nc(Nc2ccc(C(=O)Nc3ccc(C)c(C)c3)cc2)n1. The lowest BCUT2D eigenvalue weighted by Gasteiger charge is -2.09. The van der Waals surface area contributed by atoms with Gasteiger partial charge in [-0.3, -0.25) is 4.79 Å². The minimum absolute atomic E-state index is 0.137. The molecule has 0 saturated carbocycles. The number of aryl methyl sites for hydroxylation is 4. The van der Waals surface area contributed by atoms with Crippen LogP contribution in [-0.2, 0) is 0 Å². The predicted molar refractivity (Wildman–Crippen MR) is 105 cm³/mol. The molecule has 0 aliphatic carbocycles. The lowest BCUT2D eigenvalue weighted by Crippen LogP contribution is -2.12. The summed E-state index contributed by atoms with van der Waals surface area (Å²) in [5, 5.41) is 6.09. The number of hydrogen-bond donors (Lipinski definition) is 2. The summed E-state index contributed by atoms with van der Waals surface area (Å²) in [5.41, 5.74) is 6.38. The highest BCUT2D eigenvalue weighted by molar-refractivity contribution is 6.04. The van der Waals surface area contributed by atoms with Crippen LogP contribution in [0, 0.1) is 27.7 Å². The minimum atomic E-state index is -0.137. The summed E-state index contributed by atoms with van der Waals surface area (Å²) in [7, 11) is 0. The number of anilines is 3. The topological polar surface area (TPSA) is 66.9 Å². The summed E-state index contributed by atoms with van der Waals surface area (Å²) in [6, 6.07) is 15.1. The zero-order valence-corrected chi connectivity index (χ0v) is 15.4. The van der Waals surface area contributed by atoms with Gasteiger partial charge in [0.25, 0.3) is 5.91 Å². The number of carbonyl (C=O) groups is 1. The van der Waals surface area contributed by atoms with Gasteiger partial charge in [0.05, 0.1) is 0 Å². The summed E-state index contributed by atoms with van der Waals surface area (Å²) in [6.07, 6.45) is 0. The van der Waals surface area contributed by atoms with E-state index in [4.69, 9.17) is 0 Å². The Morgan fingerprint density at radius 3 is 2.00 bits per heavy atom. The third-order valence-electron chi connectivity index (χ3n) is 4.15. The van der Waals surface area contributed by atoms with E-state index in [1.54, 1.807) is 12.1 Å². The molecule has 0 saturated heterocycles. The molecule has 0 spiro atoms. The smallest absolute Gasteiger partial charge is 0.255 e. The molecular weight excluding hydrogens is 324 g/mol. The van der Waals surface area contributed by atoms with E-state index in [9.17, 15) is 4.79 Å². The van der Waals surface area contributed by atoms with E-state index in [1.165, 1.54) is 5.56 Å². The van der Waals surface area contributed by atoms with E-state index in [0.29, 0.717) is 11.5 Å². The van der Waals surface area contributed by atoms with Crippen LogP contribution in [0.4, 0.5) is 17.3 Å². The second-order valence-electron chi connectivity index (χ2n) is 6.43. The fourth-order valence-electron chi connectivity index (χ4n) is 2.64. The van der Waals surface area contributed by atoms with Crippen molar-refractivity contribution in [3.8, 4) is 0 Å². The second kappa shape index (κ2) is 7.35. The minimum Gasteiger partial charge on any atom is -0.324 e. The third kappa shape index (κ3) is 4.25. The van der Waals surface area contributed by atoms with Crippen LogP contribution in [0.2, 0.25) is 0 Å². The quantitative estimate of drug-likeness (QED) is 0.718. The highest BCUT2D eigenvalue weighted by Crippen LogP contribution is 2.18.